The minimum Gasteiger partial charge on any atom is -0.383 e. The Bertz CT molecular complexity index is 542. The number of hydrogen-bond acceptors (Lipinski definition) is 5. The fourth-order valence-electron chi connectivity index (χ4n) is 1.46. The molecule has 2 rings (SSSR count). The predicted octanol–water partition coefficient (Wildman–Crippen LogP) is 2.74. The Morgan fingerprint density at radius 3 is 2.83 bits per heavy atom. The van der Waals surface area contributed by atoms with Gasteiger partial charge in [0.25, 0.3) is 0 Å². The summed E-state index contributed by atoms with van der Waals surface area (Å²) in [7, 11) is 1.67. The van der Waals surface area contributed by atoms with E-state index in [4.69, 9.17) is 10.00 Å². The third kappa shape index (κ3) is 3.06. The van der Waals surface area contributed by atoms with Crippen LogP contribution in [0.25, 0.3) is 11.3 Å². The number of ether oxygens (including phenoxy) is 1. The highest BCUT2D eigenvalue weighted by molar-refractivity contribution is 7.14. The van der Waals surface area contributed by atoms with Crippen molar-refractivity contribution in [3.63, 3.8) is 0 Å². The first-order valence-electron chi connectivity index (χ1n) is 5.52. The van der Waals surface area contributed by atoms with E-state index >= 15 is 0 Å². The van der Waals surface area contributed by atoms with Crippen LogP contribution in [0.3, 0.4) is 0 Å². The van der Waals surface area contributed by atoms with Gasteiger partial charge in [-0.2, -0.15) is 5.26 Å². The molecule has 0 spiro atoms. The highest BCUT2D eigenvalue weighted by Crippen LogP contribution is 2.24. The van der Waals surface area contributed by atoms with Gasteiger partial charge in [-0.1, -0.05) is 12.1 Å². The summed E-state index contributed by atoms with van der Waals surface area (Å²) in [5.74, 6) is 0. The lowest BCUT2D eigenvalue weighted by Crippen LogP contribution is -2.06. The third-order valence-corrected chi connectivity index (χ3v) is 3.20. The number of rotatable bonds is 5. The Morgan fingerprint density at radius 2 is 2.17 bits per heavy atom. The van der Waals surface area contributed by atoms with Crippen LogP contribution in [-0.4, -0.2) is 25.2 Å². The molecule has 2 aromatic rings. The lowest BCUT2D eigenvalue weighted by molar-refractivity contribution is 0.211. The molecule has 0 fully saturated rings. The molecule has 5 heteroatoms. The van der Waals surface area contributed by atoms with Gasteiger partial charge in [0.15, 0.2) is 5.13 Å². The molecule has 1 aromatic carbocycles. The van der Waals surface area contributed by atoms with Crippen LogP contribution in [0, 0.1) is 11.3 Å². The molecule has 1 heterocycles. The second-order valence-corrected chi connectivity index (χ2v) is 4.50. The summed E-state index contributed by atoms with van der Waals surface area (Å²) in [6, 6.07) is 9.52. The van der Waals surface area contributed by atoms with Crippen LogP contribution in [0.1, 0.15) is 5.56 Å². The SMILES string of the molecule is COCCNc1nc(-c2ccc(C#N)cc2)cs1. The van der Waals surface area contributed by atoms with Gasteiger partial charge in [0.1, 0.15) is 0 Å². The number of benzene rings is 1. The van der Waals surface area contributed by atoms with E-state index in [0.29, 0.717) is 12.2 Å². The molecule has 92 valence electrons. The molecule has 0 unspecified atom stereocenters. The van der Waals surface area contributed by atoms with Crippen LogP contribution in [0.4, 0.5) is 5.13 Å². The Balaban J connectivity index is 2.06. The van der Waals surface area contributed by atoms with Crippen LogP contribution in [0.2, 0.25) is 0 Å². The van der Waals surface area contributed by atoms with E-state index in [1.54, 1.807) is 30.6 Å². The van der Waals surface area contributed by atoms with Crippen molar-refractivity contribution in [2.45, 2.75) is 0 Å². The van der Waals surface area contributed by atoms with E-state index in [9.17, 15) is 0 Å². The molecule has 4 nitrogen and oxygen atoms in total. The molecular formula is C13H13N3OS. The smallest absolute Gasteiger partial charge is 0.183 e. The molecule has 0 amide bonds. The first-order chi connectivity index (χ1) is 8.83. The number of anilines is 1. The van der Waals surface area contributed by atoms with Gasteiger partial charge in [0.05, 0.1) is 23.9 Å². The van der Waals surface area contributed by atoms with Crippen molar-refractivity contribution >= 4 is 16.5 Å². The van der Waals surface area contributed by atoms with Gasteiger partial charge in [-0.3, -0.25) is 0 Å². The second kappa shape index (κ2) is 6.15. The van der Waals surface area contributed by atoms with Gasteiger partial charge < -0.3 is 10.1 Å². The van der Waals surface area contributed by atoms with Gasteiger partial charge in [-0.05, 0) is 12.1 Å². The number of nitrogens with zero attached hydrogens (tertiary/aromatic N) is 2. The zero-order valence-electron chi connectivity index (χ0n) is 10.0. The quantitative estimate of drug-likeness (QED) is 0.839. The number of aromatic nitrogens is 1. The normalized spacial score (nSPS) is 10.0. The molecule has 0 aliphatic carbocycles. The summed E-state index contributed by atoms with van der Waals surface area (Å²) in [5.41, 5.74) is 2.60. The maximum Gasteiger partial charge on any atom is 0.183 e. The maximum absolute atomic E-state index is 8.74. The fraction of sp³-hybridized carbons (Fsp3) is 0.231. The van der Waals surface area contributed by atoms with Gasteiger partial charge in [0, 0.05) is 24.6 Å². The molecule has 0 aliphatic rings. The minimum absolute atomic E-state index is 0.659. The first kappa shape index (κ1) is 12.6. The van der Waals surface area contributed by atoms with Crippen molar-refractivity contribution in [2.75, 3.05) is 25.6 Å². The van der Waals surface area contributed by atoms with Gasteiger partial charge in [-0.15, -0.1) is 11.3 Å². The molecule has 0 saturated carbocycles. The monoisotopic (exact) mass is 259 g/mol. The minimum atomic E-state index is 0.659. The van der Waals surface area contributed by atoms with Crippen molar-refractivity contribution in [3.8, 4) is 17.3 Å². The largest absolute Gasteiger partial charge is 0.383 e. The van der Waals surface area contributed by atoms with Crippen LogP contribution in [-0.2, 0) is 4.74 Å². The van der Waals surface area contributed by atoms with Crippen LogP contribution in [0.5, 0.6) is 0 Å². The van der Waals surface area contributed by atoms with Crippen LogP contribution in [0.15, 0.2) is 29.6 Å². The van der Waals surface area contributed by atoms with E-state index in [1.807, 2.05) is 17.5 Å². The van der Waals surface area contributed by atoms with Crippen LogP contribution >= 0.6 is 11.3 Å². The summed E-state index contributed by atoms with van der Waals surface area (Å²) in [4.78, 5) is 4.48. The lowest BCUT2D eigenvalue weighted by Gasteiger charge is -2.00. The molecule has 0 bridgehead atoms. The summed E-state index contributed by atoms with van der Waals surface area (Å²) in [6.07, 6.45) is 0. The maximum atomic E-state index is 8.74. The molecule has 0 atom stereocenters. The molecule has 0 radical (unpaired) electrons. The van der Waals surface area contributed by atoms with E-state index < -0.39 is 0 Å². The number of methoxy groups -OCH3 is 1. The second-order valence-electron chi connectivity index (χ2n) is 3.65. The van der Waals surface area contributed by atoms with E-state index in [0.717, 1.165) is 22.9 Å². The fourth-order valence-corrected chi connectivity index (χ4v) is 2.21. The average molecular weight is 259 g/mol. The summed E-state index contributed by atoms with van der Waals surface area (Å²) in [5, 5.41) is 14.8. The Hall–Kier alpha value is -1.90. The Kier molecular flexibility index (Phi) is 4.29. The molecule has 1 aromatic heterocycles. The van der Waals surface area contributed by atoms with Gasteiger partial charge >= 0.3 is 0 Å². The van der Waals surface area contributed by atoms with Crippen molar-refractivity contribution in [3.05, 3.63) is 35.2 Å². The van der Waals surface area contributed by atoms with Gasteiger partial charge in [-0.25, -0.2) is 4.98 Å². The first-order valence-corrected chi connectivity index (χ1v) is 6.40. The van der Waals surface area contributed by atoms with Crippen LogP contribution < -0.4 is 5.32 Å². The van der Waals surface area contributed by atoms with E-state index in [-0.39, 0.29) is 0 Å². The molecule has 18 heavy (non-hydrogen) atoms. The van der Waals surface area contributed by atoms with Crippen molar-refractivity contribution in [1.82, 2.24) is 4.98 Å². The van der Waals surface area contributed by atoms with E-state index in [2.05, 4.69) is 16.4 Å². The summed E-state index contributed by atoms with van der Waals surface area (Å²) >= 11 is 1.56. The average Bonchev–Trinajstić information content (AvgIpc) is 2.88. The molecule has 0 aliphatic heterocycles. The number of thiazole rings is 1. The van der Waals surface area contributed by atoms with Crippen molar-refractivity contribution < 1.29 is 4.74 Å². The Morgan fingerprint density at radius 1 is 1.39 bits per heavy atom. The molecular weight excluding hydrogens is 246 g/mol. The number of nitriles is 1. The van der Waals surface area contributed by atoms with Crippen molar-refractivity contribution in [2.24, 2.45) is 0 Å². The zero-order chi connectivity index (χ0) is 12.8. The number of nitrogens with one attached hydrogen (secondary N) is 1. The highest BCUT2D eigenvalue weighted by Gasteiger charge is 2.04. The third-order valence-electron chi connectivity index (χ3n) is 2.40. The molecule has 1 N–H and O–H groups in total. The lowest BCUT2D eigenvalue weighted by atomic mass is 10.1. The molecule has 0 saturated heterocycles. The van der Waals surface area contributed by atoms with Gasteiger partial charge in [0.2, 0.25) is 0 Å². The summed E-state index contributed by atoms with van der Waals surface area (Å²) < 4.78 is 4.96. The van der Waals surface area contributed by atoms with Crippen molar-refractivity contribution in [1.29, 1.82) is 5.26 Å². The van der Waals surface area contributed by atoms with E-state index in [1.165, 1.54) is 0 Å². The highest BCUT2D eigenvalue weighted by atomic mass is 32.1. The number of hydrogen-bond donors (Lipinski definition) is 1. The topological polar surface area (TPSA) is 57.9 Å². The zero-order valence-corrected chi connectivity index (χ0v) is 10.8. The standard InChI is InChI=1S/C13H13N3OS/c1-17-7-6-15-13-16-12(9-18-13)11-4-2-10(8-14)3-5-11/h2-5,9H,6-7H2,1H3,(H,15,16). The Labute approximate surface area is 110 Å². The summed E-state index contributed by atoms with van der Waals surface area (Å²) in [6.45, 7) is 1.41. The predicted molar refractivity (Wildman–Crippen MR) is 72.6 cm³/mol.